The highest BCUT2D eigenvalue weighted by molar-refractivity contribution is 7.13. The number of carbonyl (C=O) groups excluding carboxylic acids is 1. The molecule has 0 aliphatic heterocycles. The number of pyridine rings is 1. The van der Waals surface area contributed by atoms with Crippen molar-refractivity contribution in [2.75, 3.05) is 7.11 Å². The summed E-state index contributed by atoms with van der Waals surface area (Å²) in [5.41, 5.74) is 1.44. The van der Waals surface area contributed by atoms with Crippen molar-refractivity contribution >= 4 is 17.3 Å². The molecule has 2 aromatic rings. The van der Waals surface area contributed by atoms with Gasteiger partial charge < -0.3 is 4.74 Å². The molecule has 0 N–H and O–H groups in total. The first-order valence-corrected chi connectivity index (χ1v) is 6.20. The number of hydrogen-bond donors (Lipinski definition) is 0. The van der Waals surface area contributed by atoms with Crippen LogP contribution in [0.1, 0.15) is 12.1 Å². The van der Waals surface area contributed by atoms with Crippen molar-refractivity contribution in [1.29, 1.82) is 0 Å². The van der Waals surface area contributed by atoms with Crippen LogP contribution in [0.15, 0.2) is 23.7 Å². The number of aromatic nitrogens is 2. The van der Waals surface area contributed by atoms with Gasteiger partial charge in [0.25, 0.3) is 0 Å². The highest BCUT2D eigenvalue weighted by atomic mass is 32.1. The van der Waals surface area contributed by atoms with Crippen LogP contribution in [-0.4, -0.2) is 23.0 Å². The summed E-state index contributed by atoms with van der Waals surface area (Å²) >= 11 is 1.42. The van der Waals surface area contributed by atoms with Gasteiger partial charge in [-0.05, 0) is 12.1 Å². The zero-order chi connectivity index (χ0) is 13.0. The molecule has 0 amide bonds. The molecular formula is C12H11FN2O2S. The molecule has 94 valence electrons. The van der Waals surface area contributed by atoms with Gasteiger partial charge in [-0.3, -0.25) is 9.78 Å². The third-order valence-corrected chi connectivity index (χ3v) is 3.22. The molecule has 0 aliphatic rings. The van der Waals surface area contributed by atoms with Gasteiger partial charge in [0.2, 0.25) is 0 Å². The van der Waals surface area contributed by atoms with E-state index in [-0.39, 0.29) is 11.8 Å². The van der Waals surface area contributed by atoms with Crippen LogP contribution < -0.4 is 0 Å². The van der Waals surface area contributed by atoms with E-state index in [4.69, 9.17) is 0 Å². The van der Waals surface area contributed by atoms with Gasteiger partial charge in [-0.15, -0.1) is 11.3 Å². The number of esters is 1. The molecule has 0 unspecified atom stereocenters. The molecule has 0 fully saturated rings. The first kappa shape index (κ1) is 12.6. The van der Waals surface area contributed by atoms with Crippen LogP contribution in [0, 0.1) is 5.82 Å². The van der Waals surface area contributed by atoms with Crippen LogP contribution in [0.2, 0.25) is 0 Å². The second kappa shape index (κ2) is 5.68. The molecular weight excluding hydrogens is 255 g/mol. The lowest BCUT2D eigenvalue weighted by Gasteiger charge is -1.96. The Morgan fingerprint density at radius 2 is 2.33 bits per heavy atom. The lowest BCUT2D eigenvalue weighted by Crippen LogP contribution is -2.01. The van der Waals surface area contributed by atoms with Crippen LogP contribution in [0.25, 0.3) is 10.7 Å². The van der Waals surface area contributed by atoms with Crippen LogP contribution in [-0.2, 0) is 16.0 Å². The lowest BCUT2D eigenvalue weighted by atomic mass is 10.2. The van der Waals surface area contributed by atoms with E-state index in [9.17, 15) is 9.18 Å². The molecule has 0 spiro atoms. The Labute approximate surface area is 107 Å². The number of halogens is 1. The quantitative estimate of drug-likeness (QED) is 0.798. The number of methoxy groups -OCH3 is 1. The molecule has 2 rings (SSSR count). The van der Waals surface area contributed by atoms with E-state index in [0.717, 1.165) is 16.9 Å². The number of carbonyl (C=O) groups is 1. The topological polar surface area (TPSA) is 52.1 Å². The Kier molecular flexibility index (Phi) is 3.99. The Balaban J connectivity index is 2.06. The monoisotopic (exact) mass is 266 g/mol. The molecule has 0 atom stereocenters. The zero-order valence-electron chi connectivity index (χ0n) is 9.72. The first-order chi connectivity index (χ1) is 8.69. The van der Waals surface area contributed by atoms with Crippen LogP contribution >= 0.6 is 11.3 Å². The van der Waals surface area contributed by atoms with Gasteiger partial charge in [-0.2, -0.15) is 0 Å². The van der Waals surface area contributed by atoms with Gasteiger partial charge in [0.1, 0.15) is 10.8 Å². The largest absolute Gasteiger partial charge is 0.469 e. The summed E-state index contributed by atoms with van der Waals surface area (Å²) in [7, 11) is 1.36. The Hall–Kier alpha value is -1.82. The highest BCUT2D eigenvalue weighted by Crippen LogP contribution is 2.22. The van der Waals surface area contributed by atoms with Crippen LogP contribution in [0.4, 0.5) is 4.39 Å². The normalized spacial score (nSPS) is 10.3. The number of rotatable bonds is 4. The maximum atomic E-state index is 12.7. The predicted molar refractivity (Wildman–Crippen MR) is 65.6 cm³/mol. The fourth-order valence-electron chi connectivity index (χ4n) is 1.37. The van der Waals surface area contributed by atoms with E-state index in [1.165, 1.54) is 24.5 Å². The number of nitrogens with zero attached hydrogens (tertiary/aromatic N) is 2. The molecule has 0 radical (unpaired) electrons. The lowest BCUT2D eigenvalue weighted by molar-refractivity contribution is -0.140. The smallest absolute Gasteiger partial charge is 0.305 e. The van der Waals surface area contributed by atoms with Crippen molar-refractivity contribution in [3.8, 4) is 10.7 Å². The summed E-state index contributed by atoms with van der Waals surface area (Å²) in [6.07, 6.45) is 1.99. The first-order valence-electron chi connectivity index (χ1n) is 5.32. The highest BCUT2D eigenvalue weighted by Gasteiger charge is 2.08. The van der Waals surface area contributed by atoms with Gasteiger partial charge in [0.15, 0.2) is 0 Å². The number of aryl methyl sites for hydroxylation is 1. The molecule has 0 aliphatic carbocycles. The maximum Gasteiger partial charge on any atom is 0.305 e. The van der Waals surface area contributed by atoms with E-state index < -0.39 is 0 Å². The van der Waals surface area contributed by atoms with Crippen molar-refractivity contribution in [2.24, 2.45) is 0 Å². The molecule has 2 heterocycles. The number of hydrogen-bond acceptors (Lipinski definition) is 5. The molecule has 6 heteroatoms. The standard InChI is InChI=1S/C12H11FN2O2S/c1-17-11(16)5-3-9-7-18-12(15-9)10-4-2-8(13)6-14-10/h2,4,6-7H,3,5H2,1H3. The van der Waals surface area contributed by atoms with E-state index in [0.29, 0.717) is 18.5 Å². The van der Waals surface area contributed by atoms with Gasteiger partial charge >= 0.3 is 5.97 Å². The minimum Gasteiger partial charge on any atom is -0.469 e. The summed E-state index contributed by atoms with van der Waals surface area (Å²) in [6.45, 7) is 0. The van der Waals surface area contributed by atoms with Gasteiger partial charge in [0, 0.05) is 11.8 Å². The van der Waals surface area contributed by atoms with Crippen molar-refractivity contribution in [3.05, 3.63) is 35.2 Å². The summed E-state index contributed by atoms with van der Waals surface area (Å²) in [6, 6.07) is 2.93. The molecule has 0 saturated heterocycles. The van der Waals surface area contributed by atoms with Crippen molar-refractivity contribution in [1.82, 2.24) is 9.97 Å². The third kappa shape index (κ3) is 3.10. The van der Waals surface area contributed by atoms with E-state index in [1.54, 1.807) is 6.07 Å². The van der Waals surface area contributed by atoms with Gasteiger partial charge in [-0.25, -0.2) is 9.37 Å². The maximum absolute atomic E-state index is 12.7. The van der Waals surface area contributed by atoms with E-state index in [1.807, 2.05) is 5.38 Å². The van der Waals surface area contributed by atoms with Crippen LogP contribution in [0.3, 0.4) is 0 Å². The van der Waals surface area contributed by atoms with Crippen molar-refractivity contribution in [3.63, 3.8) is 0 Å². The Morgan fingerprint density at radius 3 is 3.00 bits per heavy atom. The van der Waals surface area contributed by atoms with Crippen molar-refractivity contribution < 1.29 is 13.9 Å². The van der Waals surface area contributed by atoms with Crippen LogP contribution in [0.5, 0.6) is 0 Å². The average molecular weight is 266 g/mol. The number of ether oxygens (including phenoxy) is 1. The van der Waals surface area contributed by atoms with E-state index in [2.05, 4.69) is 14.7 Å². The molecule has 4 nitrogen and oxygen atoms in total. The summed E-state index contributed by atoms with van der Waals surface area (Å²) < 4.78 is 17.3. The average Bonchev–Trinajstić information content (AvgIpc) is 2.85. The summed E-state index contributed by atoms with van der Waals surface area (Å²) in [5, 5.41) is 2.58. The van der Waals surface area contributed by atoms with Crippen molar-refractivity contribution in [2.45, 2.75) is 12.8 Å². The molecule has 0 bridgehead atoms. The Morgan fingerprint density at radius 1 is 1.50 bits per heavy atom. The van der Waals surface area contributed by atoms with E-state index >= 15 is 0 Å². The van der Waals surface area contributed by atoms with Gasteiger partial charge in [0.05, 0.1) is 31.1 Å². The fraction of sp³-hybridized carbons (Fsp3) is 0.250. The Bertz CT molecular complexity index is 539. The summed E-state index contributed by atoms with van der Waals surface area (Å²) in [4.78, 5) is 19.3. The predicted octanol–water partition coefficient (Wildman–Crippen LogP) is 2.45. The molecule has 2 aromatic heterocycles. The minimum absolute atomic E-state index is 0.260. The molecule has 0 aromatic carbocycles. The van der Waals surface area contributed by atoms with Gasteiger partial charge in [-0.1, -0.05) is 0 Å². The number of thiazole rings is 1. The summed E-state index contributed by atoms with van der Waals surface area (Å²) in [5.74, 6) is -0.634. The SMILES string of the molecule is COC(=O)CCc1csc(-c2ccc(F)cn2)n1. The fourth-order valence-corrected chi connectivity index (χ4v) is 2.20. The second-order valence-corrected chi connectivity index (χ2v) is 4.44. The molecule has 18 heavy (non-hydrogen) atoms. The second-order valence-electron chi connectivity index (χ2n) is 3.58. The minimum atomic E-state index is -0.374. The zero-order valence-corrected chi connectivity index (χ0v) is 10.5. The third-order valence-electron chi connectivity index (χ3n) is 2.31. The molecule has 0 saturated carbocycles.